The molecule has 1 aliphatic rings. The Morgan fingerprint density at radius 1 is 1.30 bits per heavy atom. The Balaban J connectivity index is 1.82. The van der Waals surface area contributed by atoms with Crippen molar-refractivity contribution in [2.75, 3.05) is 6.61 Å². The highest BCUT2D eigenvalue weighted by Gasteiger charge is 2.22. The van der Waals surface area contributed by atoms with Crippen LogP contribution in [-0.2, 0) is 6.42 Å². The molecule has 0 saturated carbocycles. The predicted molar refractivity (Wildman–Crippen MR) is 93.9 cm³/mol. The summed E-state index contributed by atoms with van der Waals surface area (Å²) in [6.07, 6.45) is 0.848. The summed E-state index contributed by atoms with van der Waals surface area (Å²) in [5.41, 5.74) is 2.00. The second-order valence-electron chi connectivity index (χ2n) is 5.73. The molecule has 0 aliphatic carbocycles. The fraction of sp³-hybridized carbons (Fsp3) is 0.312. The summed E-state index contributed by atoms with van der Waals surface area (Å²) in [6.45, 7) is 4.84. The summed E-state index contributed by atoms with van der Waals surface area (Å²) in [7, 11) is 0. The van der Waals surface area contributed by atoms with E-state index in [0.717, 1.165) is 38.7 Å². The number of fused-ring (bicyclic) bond motifs is 3. The number of ether oxygens (including phenoxy) is 1. The Labute approximate surface area is 146 Å². The lowest BCUT2D eigenvalue weighted by molar-refractivity contribution is 0.327. The van der Waals surface area contributed by atoms with Gasteiger partial charge in [-0.1, -0.05) is 29.8 Å². The van der Waals surface area contributed by atoms with Gasteiger partial charge >= 0.3 is 0 Å². The van der Waals surface area contributed by atoms with Gasteiger partial charge in [0.05, 0.1) is 12.3 Å². The zero-order valence-electron chi connectivity index (χ0n) is 12.8. The van der Waals surface area contributed by atoms with E-state index >= 15 is 0 Å². The van der Waals surface area contributed by atoms with Crippen molar-refractivity contribution in [1.29, 1.82) is 0 Å². The molecule has 0 unspecified atom stereocenters. The molecule has 0 atom stereocenters. The first-order chi connectivity index (χ1) is 11.1. The number of H-pyrrole nitrogens is 1. The smallest absolute Gasteiger partial charge is 0.210 e. The minimum atomic E-state index is 0.319. The maximum absolute atomic E-state index is 5.83. The average Bonchev–Trinajstić information content (AvgIpc) is 3.13. The SMILES string of the molecule is CC(C)c1nc(-c2nc3c(s2)CCOc2ccc(Br)cc2-3)n[nH]1. The van der Waals surface area contributed by atoms with Crippen molar-refractivity contribution in [3.05, 3.63) is 33.4 Å². The van der Waals surface area contributed by atoms with E-state index in [-0.39, 0.29) is 0 Å². The minimum Gasteiger partial charge on any atom is -0.493 e. The average molecular weight is 391 g/mol. The van der Waals surface area contributed by atoms with E-state index in [1.165, 1.54) is 4.88 Å². The first kappa shape index (κ1) is 14.8. The Morgan fingerprint density at radius 2 is 2.17 bits per heavy atom. The van der Waals surface area contributed by atoms with Crippen molar-refractivity contribution in [2.24, 2.45) is 0 Å². The van der Waals surface area contributed by atoms with E-state index in [9.17, 15) is 0 Å². The van der Waals surface area contributed by atoms with Gasteiger partial charge in [-0.2, -0.15) is 5.10 Å². The third kappa shape index (κ3) is 2.68. The molecule has 0 saturated heterocycles. The first-order valence-corrected chi connectivity index (χ1v) is 9.08. The topological polar surface area (TPSA) is 63.7 Å². The number of hydrogen-bond donors (Lipinski definition) is 1. The number of hydrogen-bond acceptors (Lipinski definition) is 5. The van der Waals surface area contributed by atoms with Gasteiger partial charge in [-0.3, -0.25) is 5.10 Å². The lowest BCUT2D eigenvalue weighted by Crippen LogP contribution is -1.97. The minimum absolute atomic E-state index is 0.319. The second-order valence-corrected chi connectivity index (χ2v) is 7.73. The van der Waals surface area contributed by atoms with E-state index < -0.39 is 0 Å². The van der Waals surface area contributed by atoms with E-state index in [1.54, 1.807) is 11.3 Å². The van der Waals surface area contributed by atoms with Crippen molar-refractivity contribution < 1.29 is 4.74 Å². The maximum atomic E-state index is 5.83. The zero-order chi connectivity index (χ0) is 16.0. The fourth-order valence-corrected chi connectivity index (χ4v) is 3.87. The first-order valence-electron chi connectivity index (χ1n) is 7.47. The molecule has 1 N–H and O–H groups in total. The Hall–Kier alpha value is -1.73. The molecule has 0 amide bonds. The van der Waals surface area contributed by atoms with Gasteiger partial charge in [-0.05, 0) is 18.2 Å². The Bertz CT molecular complexity index is 871. The van der Waals surface area contributed by atoms with Gasteiger partial charge in [0.2, 0.25) is 5.82 Å². The molecule has 1 aromatic carbocycles. The molecule has 5 nitrogen and oxygen atoms in total. The van der Waals surface area contributed by atoms with Crippen LogP contribution in [0, 0.1) is 0 Å². The summed E-state index contributed by atoms with van der Waals surface area (Å²) in [5.74, 6) is 2.75. The molecule has 3 heterocycles. The number of benzene rings is 1. The highest BCUT2D eigenvalue weighted by atomic mass is 79.9. The summed E-state index contributed by atoms with van der Waals surface area (Å²) in [6, 6.07) is 6.03. The molecule has 23 heavy (non-hydrogen) atoms. The molecular formula is C16H15BrN4OS. The molecule has 7 heteroatoms. The molecule has 3 aromatic rings. The Kier molecular flexibility index (Phi) is 3.69. The van der Waals surface area contributed by atoms with Crippen molar-refractivity contribution in [1.82, 2.24) is 20.2 Å². The van der Waals surface area contributed by atoms with Crippen molar-refractivity contribution in [3.63, 3.8) is 0 Å². The van der Waals surface area contributed by atoms with E-state index in [1.807, 2.05) is 12.1 Å². The zero-order valence-corrected chi connectivity index (χ0v) is 15.2. The summed E-state index contributed by atoms with van der Waals surface area (Å²) in [4.78, 5) is 10.6. The lowest BCUT2D eigenvalue weighted by Gasteiger charge is -2.06. The molecule has 4 rings (SSSR count). The van der Waals surface area contributed by atoms with Crippen LogP contribution in [-0.4, -0.2) is 26.8 Å². The van der Waals surface area contributed by atoms with Crippen LogP contribution < -0.4 is 4.74 Å². The standard InChI is InChI=1S/C16H15BrN4OS/c1-8(2)14-19-15(21-20-14)16-18-13-10-7-9(17)3-4-11(10)22-6-5-12(13)23-16/h3-4,7-8H,5-6H2,1-2H3,(H,19,20,21). The highest BCUT2D eigenvalue weighted by molar-refractivity contribution is 9.10. The van der Waals surface area contributed by atoms with Crippen LogP contribution in [0.3, 0.4) is 0 Å². The second kappa shape index (κ2) is 5.72. The monoisotopic (exact) mass is 390 g/mol. The lowest BCUT2D eigenvalue weighted by atomic mass is 10.1. The van der Waals surface area contributed by atoms with Crippen LogP contribution in [0.1, 0.15) is 30.5 Å². The molecule has 118 valence electrons. The predicted octanol–water partition coefficient (Wildman–Crippen LogP) is 4.42. The number of thiazole rings is 1. The fourth-order valence-electron chi connectivity index (χ4n) is 2.52. The van der Waals surface area contributed by atoms with Gasteiger partial charge in [0.15, 0.2) is 5.01 Å². The number of nitrogens with one attached hydrogen (secondary N) is 1. The van der Waals surface area contributed by atoms with Gasteiger partial charge in [0, 0.05) is 27.3 Å². The van der Waals surface area contributed by atoms with E-state index in [4.69, 9.17) is 9.72 Å². The third-order valence-electron chi connectivity index (χ3n) is 3.72. The highest BCUT2D eigenvalue weighted by Crippen LogP contribution is 2.40. The largest absolute Gasteiger partial charge is 0.493 e. The normalized spacial score (nSPS) is 13.4. The molecule has 0 fully saturated rings. The summed E-state index contributed by atoms with van der Waals surface area (Å²) >= 11 is 5.17. The number of nitrogens with zero attached hydrogens (tertiary/aromatic N) is 3. The van der Waals surface area contributed by atoms with Crippen LogP contribution in [0.15, 0.2) is 22.7 Å². The van der Waals surface area contributed by atoms with Gasteiger partial charge in [-0.25, -0.2) is 9.97 Å². The van der Waals surface area contributed by atoms with Crippen LogP contribution in [0.25, 0.3) is 22.1 Å². The van der Waals surface area contributed by atoms with Gasteiger partial charge < -0.3 is 4.74 Å². The number of halogens is 1. The van der Waals surface area contributed by atoms with Crippen LogP contribution in [0.2, 0.25) is 0 Å². The van der Waals surface area contributed by atoms with Crippen molar-refractivity contribution in [2.45, 2.75) is 26.2 Å². The number of rotatable bonds is 2. The molecule has 0 radical (unpaired) electrons. The summed E-state index contributed by atoms with van der Waals surface area (Å²) < 4.78 is 6.85. The van der Waals surface area contributed by atoms with Gasteiger partial charge in [0.25, 0.3) is 0 Å². The number of aromatic amines is 1. The van der Waals surface area contributed by atoms with Crippen molar-refractivity contribution in [3.8, 4) is 27.8 Å². The van der Waals surface area contributed by atoms with Gasteiger partial charge in [-0.15, -0.1) is 11.3 Å². The molecule has 1 aliphatic heterocycles. The van der Waals surface area contributed by atoms with Crippen LogP contribution in [0.5, 0.6) is 5.75 Å². The molecule has 2 aromatic heterocycles. The van der Waals surface area contributed by atoms with Crippen molar-refractivity contribution >= 4 is 27.3 Å². The van der Waals surface area contributed by atoms with E-state index in [0.29, 0.717) is 18.3 Å². The van der Waals surface area contributed by atoms with Gasteiger partial charge in [0.1, 0.15) is 11.6 Å². The number of aromatic nitrogens is 4. The quantitative estimate of drug-likeness (QED) is 0.703. The molecule has 0 spiro atoms. The van der Waals surface area contributed by atoms with Crippen LogP contribution >= 0.6 is 27.3 Å². The van der Waals surface area contributed by atoms with E-state index in [2.05, 4.69) is 51.0 Å². The Morgan fingerprint density at radius 3 is 2.96 bits per heavy atom. The third-order valence-corrected chi connectivity index (χ3v) is 5.33. The summed E-state index contributed by atoms with van der Waals surface area (Å²) in [5, 5.41) is 8.17. The van der Waals surface area contributed by atoms with Crippen LogP contribution in [0.4, 0.5) is 0 Å². The molecular weight excluding hydrogens is 376 g/mol. The molecule has 0 bridgehead atoms. The maximum Gasteiger partial charge on any atom is 0.210 e.